The van der Waals surface area contributed by atoms with E-state index in [0.29, 0.717) is 17.0 Å². The molecule has 0 aliphatic carbocycles. The molecular weight excluding hydrogens is 472 g/mol. The minimum absolute atomic E-state index is 0.0327. The van der Waals surface area contributed by atoms with Crippen LogP contribution in [-0.2, 0) is 25.5 Å². The van der Waals surface area contributed by atoms with Gasteiger partial charge in [0, 0.05) is 59.2 Å². The number of aryl methyl sites for hydroxylation is 1. The Bertz CT molecular complexity index is 1440. The Hall–Kier alpha value is -3.55. The number of ketones is 1. The van der Waals surface area contributed by atoms with Gasteiger partial charge in [-0.25, -0.2) is 8.78 Å². The molecule has 35 heavy (non-hydrogen) atoms. The van der Waals surface area contributed by atoms with Crippen molar-refractivity contribution in [3.8, 4) is 16.9 Å². The molecule has 0 unspecified atom stereocenters. The first kappa shape index (κ1) is 23.2. The number of rotatable bonds is 6. The van der Waals surface area contributed by atoms with Gasteiger partial charge in [0.2, 0.25) is 0 Å². The van der Waals surface area contributed by atoms with Gasteiger partial charge in [-0.2, -0.15) is 5.10 Å². The fourth-order valence-corrected chi connectivity index (χ4v) is 4.94. The zero-order chi connectivity index (χ0) is 24.7. The SMILES string of the molecule is Cn1nccc1CC(=O)c1ccc(F)c(F)c1-c1c(Cl)ccc2c1C[C@@](CN)(c1ccccc1)O2. The molecular formula is C27H22ClF2N3O2. The van der Waals surface area contributed by atoms with E-state index in [1.54, 1.807) is 36.1 Å². The van der Waals surface area contributed by atoms with Crippen LogP contribution in [0, 0.1) is 11.6 Å². The van der Waals surface area contributed by atoms with E-state index >= 15 is 4.39 Å². The zero-order valence-corrected chi connectivity index (χ0v) is 19.7. The summed E-state index contributed by atoms with van der Waals surface area (Å²) in [6.45, 7) is 0.153. The van der Waals surface area contributed by atoms with Crippen LogP contribution in [-0.4, -0.2) is 22.1 Å². The highest BCUT2D eigenvalue weighted by Gasteiger charge is 2.42. The van der Waals surface area contributed by atoms with Crippen LogP contribution in [0.5, 0.6) is 5.75 Å². The Morgan fingerprint density at radius 3 is 2.57 bits per heavy atom. The van der Waals surface area contributed by atoms with Gasteiger partial charge in [0.1, 0.15) is 5.75 Å². The van der Waals surface area contributed by atoms with Crippen LogP contribution in [0.3, 0.4) is 0 Å². The minimum atomic E-state index is -1.14. The van der Waals surface area contributed by atoms with Crippen molar-refractivity contribution in [2.45, 2.75) is 18.4 Å². The van der Waals surface area contributed by atoms with Gasteiger partial charge in [0.05, 0.1) is 6.42 Å². The summed E-state index contributed by atoms with van der Waals surface area (Å²) in [6.07, 6.45) is 1.82. The third-order valence-corrected chi connectivity index (χ3v) is 6.84. The number of benzene rings is 3. The van der Waals surface area contributed by atoms with Gasteiger partial charge < -0.3 is 10.5 Å². The molecule has 0 saturated carbocycles. The number of nitrogens with two attached hydrogens (primary N) is 1. The van der Waals surface area contributed by atoms with Crippen LogP contribution in [0.25, 0.3) is 11.1 Å². The predicted molar refractivity (Wildman–Crippen MR) is 130 cm³/mol. The molecule has 1 aromatic heterocycles. The van der Waals surface area contributed by atoms with E-state index in [9.17, 15) is 9.18 Å². The summed E-state index contributed by atoms with van der Waals surface area (Å²) in [7, 11) is 1.71. The van der Waals surface area contributed by atoms with Crippen LogP contribution >= 0.6 is 11.6 Å². The normalized spacial score (nSPS) is 16.7. The standard InChI is InChI=1S/C27H22ClF2N3O2/c1-33-17(11-12-32-33)13-22(34)18-7-9-21(29)26(30)25(18)24-19-14-27(15-31,16-5-3-2-4-6-16)35-23(19)10-8-20(24)28/h2-12H,13-15,31H2,1H3/t27-/m1/s1. The molecule has 1 atom stereocenters. The molecule has 3 aromatic carbocycles. The maximum absolute atomic E-state index is 15.4. The Morgan fingerprint density at radius 2 is 1.89 bits per heavy atom. The highest BCUT2D eigenvalue weighted by atomic mass is 35.5. The van der Waals surface area contributed by atoms with Gasteiger partial charge in [0.15, 0.2) is 23.0 Å². The lowest BCUT2D eigenvalue weighted by atomic mass is 9.85. The quantitative estimate of drug-likeness (QED) is 0.373. The molecule has 5 nitrogen and oxygen atoms in total. The molecule has 4 aromatic rings. The second-order valence-corrected chi connectivity index (χ2v) is 8.98. The van der Waals surface area contributed by atoms with Gasteiger partial charge in [0.25, 0.3) is 0 Å². The fourth-order valence-electron chi connectivity index (χ4n) is 4.67. The summed E-state index contributed by atoms with van der Waals surface area (Å²) in [5.41, 5.74) is 7.44. The zero-order valence-electron chi connectivity index (χ0n) is 18.9. The summed E-state index contributed by atoms with van der Waals surface area (Å²) in [4.78, 5) is 13.3. The predicted octanol–water partition coefficient (Wildman–Crippen LogP) is 5.23. The number of aromatic nitrogens is 2. The van der Waals surface area contributed by atoms with Crippen molar-refractivity contribution in [3.05, 3.63) is 106 Å². The molecule has 5 rings (SSSR count). The van der Waals surface area contributed by atoms with Crippen LogP contribution in [0.2, 0.25) is 5.02 Å². The van der Waals surface area contributed by atoms with Crippen LogP contribution in [0.15, 0.2) is 66.9 Å². The number of Topliss-reactive ketones (excluding diaryl/α,β-unsaturated/α-hetero) is 1. The Labute approximate surface area is 206 Å². The second kappa shape index (κ2) is 8.91. The van der Waals surface area contributed by atoms with E-state index in [1.807, 2.05) is 30.3 Å². The van der Waals surface area contributed by atoms with Crippen molar-refractivity contribution in [3.63, 3.8) is 0 Å². The molecule has 1 aliphatic heterocycles. The molecule has 1 aliphatic rings. The molecule has 8 heteroatoms. The number of ether oxygens (including phenoxy) is 1. The summed E-state index contributed by atoms with van der Waals surface area (Å²) in [6, 6.07) is 16.7. The number of halogens is 3. The molecule has 2 heterocycles. The highest BCUT2D eigenvalue weighted by molar-refractivity contribution is 6.34. The van der Waals surface area contributed by atoms with Crippen molar-refractivity contribution in [1.29, 1.82) is 0 Å². The first-order valence-electron chi connectivity index (χ1n) is 11.1. The van der Waals surface area contributed by atoms with Crippen LogP contribution in [0.4, 0.5) is 8.78 Å². The number of nitrogens with zero attached hydrogens (tertiary/aromatic N) is 2. The van der Waals surface area contributed by atoms with Crippen molar-refractivity contribution in [2.24, 2.45) is 12.8 Å². The van der Waals surface area contributed by atoms with Crippen molar-refractivity contribution in [1.82, 2.24) is 9.78 Å². The van der Waals surface area contributed by atoms with Crippen molar-refractivity contribution in [2.75, 3.05) is 6.54 Å². The lowest BCUT2D eigenvalue weighted by molar-refractivity contribution is 0.0990. The number of hydrogen-bond donors (Lipinski definition) is 1. The fraction of sp³-hybridized carbons (Fsp3) is 0.185. The Morgan fingerprint density at radius 1 is 1.11 bits per heavy atom. The van der Waals surface area contributed by atoms with E-state index in [-0.39, 0.29) is 46.9 Å². The lowest BCUT2D eigenvalue weighted by Gasteiger charge is -2.27. The van der Waals surface area contributed by atoms with Crippen molar-refractivity contribution < 1.29 is 18.3 Å². The third-order valence-electron chi connectivity index (χ3n) is 6.53. The van der Waals surface area contributed by atoms with Crippen LogP contribution < -0.4 is 10.5 Å². The monoisotopic (exact) mass is 493 g/mol. The number of hydrogen-bond acceptors (Lipinski definition) is 4. The molecule has 178 valence electrons. The average Bonchev–Trinajstić information content (AvgIpc) is 3.45. The number of carbonyl (C=O) groups excluding carboxylic acids is 1. The van der Waals surface area contributed by atoms with Crippen molar-refractivity contribution >= 4 is 17.4 Å². The van der Waals surface area contributed by atoms with Gasteiger partial charge in [-0.1, -0.05) is 41.9 Å². The summed E-state index contributed by atoms with van der Waals surface area (Å²) in [5.74, 6) is -2.13. The molecule has 0 fully saturated rings. The third kappa shape index (κ3) is 3.90. The summed E-state index contributed by atoms with van der Waals surface area (Å²) >= 11 is 6.59. The first-order valence-corrected chi connectivity index (χ1v) is 11.5. The van der Waals surface area contributed by atoms with E-state index in [4.69, 9.17) is 22.1 Å². The minimum Gasteiger partial charge on any atom is -0.481 e. The molecule has 0 bridgehead atoms. The van der Waals surface area contributed by atoms with Gasteiger partial charge in [-0.05, 0) is 35.9 Å². The smallest absolute Gasteiger partial charge is 0.169 e. The van der Waals surface area contributed by atoms with Crippen LogP contribution in [0.1, 0.15) is 27.2 Å². The molecule has 0 amide bonds. The topological polar surface area (TPSA) is 70.1 Å². The molecule has 0 radical (unpaired) electrons. The Balaban J connectivity index is 1.66. The van der Waals surface area contributed by atoms with E-state index in [0.717, 1.165) is 11.6 Å². The summed E-state index contributed by atoms with van der Waals surface area (Å²) in [5, 5.41) is 4.26. The highest BCUT2D eigenvalue weighted by Crippen LogP contribution is 2.49. The van der Waals surface area contributed by atoms with E-state index < -0.39 is 17.2 Å². The maximum atomic E-state index is 15.4. The lowest BCUT2D eigenvalue weighted by Crippen LogP contribution is -2.39. The molecule has 0 saturated heterocycles. The Kier molecular flexibility index (Phi) is 5.91. The maximum Gasteiger partial charge on any atom is 0.169 e. The molecule has 2 N–H and O–H groups in total. The van der Waals surface area contributed by atoms with Gasteiger partial charge in [-0.15, -0.1) is 0 Å². The first-order chi connectivity index (χ1) is 16.8. The average molecular weight is 494 g/mol. The van der Waals surface area contributed by atoms with Gasteiger partial charge >= 0.3 is 0 Å². The number of fused-ring (bicyclic) bond motifs is 1. The summed E-state index contributed by atoms with van der Waals surface area (Å²) < 4.78 is 37.9. The van der Waals surface area contributed by atoms with Gasteiger partial charge in [-0.3, -0.25) is 9.48 Å². The molecule has 0 spiro atoms. The largest absolute Gasteiger partial charge is 0.481 e. The number of carbonyl (C=O) groups is 1. The van der Waals surface area contributed by atoms with E-state index in [2.05, 4.69) is 5.10 Å². The van der Waals surface area contributed by atoms with E-state index in [1.165, 1.54) is 6.07 Å². The second-order valence-electron chi connectivity index (χ2n) is 8.57.